The number of hydrogen-bond donors (Lipinski definition) is 0. The molecule has 2 amide bonds. The molecular weight excluding hydrogens is 466 g/mol. The third-order valence-electron chi connectivity index (χ3n) is 7.09. The number of esters is 1. The van der Waals surface area contributed by atoms with Crippen molar-refractivity contribution in [1.82, 2.24) is 4.90 Å². The highest BCUT2D eigenvalue weighted by atomic mass is 16.5. The van der Waals surface area contributed by atoms with E-state index in [1.54, 1.807) is 12.1 Å². The van der Waals surface area contributed by atoms with E-state index in [4.69, 9.17) is 9.47 Å². The normalized spacial score (nSPS) is 19.3. The van der Waals surface area contributed by atoms with Crippen molar-refractivity contribution in [3.63, 3.8) is 0 Å². The zero-order valence-electron chi connectivity index (χ0n) is 20.8. The van der Waals surface area contributed by atoms with Crippen LogP contribution in [0.5, 0.6) is 5.75 Å². The Morgan fingerprint density at radius 1 is 0.919 bits per heavy atom. The Morgan fingerprint density at radius 3 is 2.30 bits per heavy atom. The van der Waals surface area contributed by atoms with E-state index in [1.807, 2.05) is 72.8 Å². The second-order valence-electron chi connectivity index (χ2n) is 9.41. The molecule has 1 saturated heterocycles. The van der Waals surface area contributed by atoms with Gasteiger partial charge < -0.3 is 9.47 Å². The van der Waals surface area contributed by atoms with Crippen molar-refractivity contribution in [1.29, 1.82) is 0 Å². The molecule has 0 radical (unpaired) electrons. The molecule has 2 atom stereocenters. The van der Waals surface area contributed by atoms with Crippen molar-refractivity contribution < 1.29 is 23.9 Å². The van der Waals surface area contributed by atoms with E-state index in [9.17, 15) is 14.4 Å². The SMILES string of the molecule is COC(=O)c1ccc(C=C(CCOc2cccc3ccccc23)CN2C(=O)C3CC=CCC3C2=O)cc1. The van der Waals surface area contributed by atoms with Crippen LogP contribution < -0.4 is 4.74 Å². The van der Waals surface area contributed by atoms with Crippen molar-refractivity contribution in [3.8, 4) is 5.75 Å². The first-order chi connectivity index (χ1) is 18.0. The number of likely N-dealkylation sites (tertiary alicyclic amines) is 1. The van der Waals surface area contributed by atoms with Gasteiger partial charge in [-0.3, -0.25) is 14.5 Å². The number of imide groups is 1. The molecule has 3 aromatic rings. The highest BCUT2D eigenvalue weighted by Crippen LogP contribution is 2.35. The summed E-state index contributed by atoms with van der Waals surface area (Å²) in [5, 5.41) is 2.14. The van der Waals surface area contributed by atoms with Gasteiger partial charge in [-0.1, -0.05) is 66.8 Å². The van der Waals surface area contributed by atoms with Crippen molar-refractivity contribution >= 4 is 34.6 Å². The van der Waals surface area contributed by atoms with E-state index >= 15 is 0 Å². The molecule has 5 rings (SSSR count). The van der Waals surface area contributed by atoms with Crippen LogP contribution in [0.3, 0.4) is 0 Å². The second kappa shape index (κ2) is 10.8. The van der Waals surface area contributed by atoms with Gasteiger partial charge in [0, 0.05) is 11.8 Å². The quantitative estimate of drug-likeness (QED) is 0.237. The third-order valence-corrected chi connectivity index (χ3v) is 7.09. The molecule has 1 aliphatic carbocycles. The van der Waals surface area contributed by atoms with Gasteiger partial charge in [0.15, 0.2) is 0 Å². The Balaban J connectivity index is 1.36. The predicted molar refractivity (Wildman–Crippen MR) is 142 cm³/mol. The van der Waals surface area contributed by atoms with Crippen molar-refractivity contribution in [2.75, 3.05) is 20.3 Å². The fraction of sp³-hybridized carbons (Fsp3) is 0.258. The van der Waals surface area contributed by atoms with Gasteiger partial charge in [-0.25, -0.2) is 4.79 Å². The number of rotatable bonds is 8. The lowest BCUT2D eigenvalue weighted by atomic mass is 9.85. The van der Waals surface area contributed by atoms with E-state index in [1.165, 1.54) is 12.0 Å². The maximum Gasteiger partial charge on any atom is 0.337 e. The first-order valence-electron chi connectivity index (χ1n) is 12.5. The van der Waals surface area contributed by atoms with Crippen LogP contribution in [0, 0.1) is 11.8 Å². The maximum atomic E-state index is 13.1. The predicted octanol–water partition coefficient (Wildman–Crippen LogP) is 5.43. The highest BCUT2D eigenvalue weighted by molar-refractivity contribution is 6.05. The van der Waals surface area contributed by atoms with Crippen LogP contribution in [0.25, 0.3) is 16.8 Å². The van der Waals surface area contributed by atoms with Crippen molar-refractivity contribution in [2.45, 2.75) is 19.3 Å². The number of allylic oxidation sites excluding steroid dienone is 2. The van der Waals surface area contributed by atoms with Gasteiger partial charge in [0.25, 0.3) is 0 Å². The zero-order valence-corrected chi connectivity index (χ0v) is 20.8. The molecule has 1 fully saturated rings. The molecule has 1 aliphatic heterocycles. The molecule has 0 bridgehead atoms. The lowest BCUT2D eigenvalue weighted by Crippen LogP contribution is -2.33. The molecule has 0 N–H and O–H groups in total. The van der Waals surface area contributed by atoms with Gasteiger partial charge >= 0.3 is 5.97 Å². The fourth-order valence-corrected chi connectivity index (χ4v) is 5.11. The second-order valence-corrected chi connectivity index (χ2v) is 9.41. The Hall–Kier alpha value is -4.19. The number of fused-ring (bicyclic) bond motifs is 2. The van der Waals surface area contributed by atoms with E-state index in [-0.39, 0.29) is 30.2 Å². The number of nitrogens with zero attached hydrogens (tertiary/aromatic N) is 1. The van der Waals surface area contributed by atoms with Crippen LogP contribution >= 0.6 is 0 Å². The summed E-state index contributed by atoms with van der Waals surface area (Å²) >= 11 is 0. The largest absolute Gasteiger partial charge is 0.493 e. The highest BCUT2D eigenvalue weighted by Gasteiger charge is 2.47. The molecule has 2 unspecified atom stereocenters. The lowest BCUT2D eigenvalue weighted by Gasteiger charge is -2.18. The van der Waals surface area contributed by atoms with Crippen LogP contribution in [-0.2, 0) is 14.3 Å². The van der Waals surface area contributed by atoms with Crippen LogP contribution in [0.4, 0.5) is 0 Å². The van der Waals surface area contributed by atoms with Gasteiger partial charge in [0.1, 0.15) is 5.75 Å². The molecule has 6 heteroatoms. The summed E-state index contributed by atoms with van der Waals surface area (Å²) in [6.07, 6.45) is 7.72. The van der Waals surface area contributed by atoms with E-state index in [2.05, 4.69) is 0 Å². The molecular formula is C31H29NO5. The van der Waals surface area contributed by atoms with Crippen LogP contribution in [0.15, 0.2) is 84.5 Å². The smallest absolute Gasteiger partial charge is 0.337 e. The number of carbonyl (C=O) groups is 3. The van der Waals surface area contributed by atoms with Crippen molar-refractivity contribution in [2.24, 2.45) is 11.8 Å². The molecule has 0 aromatic heterocycles. The Morgan fingerprint density at radius 2 is 1.59 bits per heavy atom. The first-order valence-corrected chi connectivity index (χ1v) is 12.5. The van der Waals surface area contributed by atoms with E-state index in [0.717, 1.165) is 27.7 Å². The Bertz CT molecular complexity index is 1360. The van der Waals surface area contributed by atoms with Gasteiger partial charge in [-0.2, -0.15) is 0 Å². The van der Waals surface area contributed by atoms with E-state index < -0.39 is 5.97 Å². The summed E-state index contributed by atoms with van der Waals surface area (Å²) in [6, 6.07) is 21.1. The Labute approximate surface area is 216 Å². The zero-order chi connectivity index (χ0) is 25.8. The number of carbonyl (C=O) groups excluding carboxylic acids is 3. The third kappa shape index (κ3) is 5.19. The lowest BCUT2D eigenvalue weighted by molar-refractivity contribution is -0.139. The monoisotopic (exact) mass is 495 g/mol. The van der Waals surface area contributed by atoms with Crippen LogP contribution in [0.2, 0.25) is 0 Å². The molecule has 1 heterocycles. The van der Waals surface area contributed by atoms with E-state index in [0.29, 0.717) is 31.4 Å². The molecule has 6 nitrogen and oxygen atoms in total. The average molecular weight is 496 g/mol. The topological polar surface area (TPSA) is 72.9 Å². The molecule has 37 heavy (non-hydrogen) atoms. The van der Waals surface area contributed by atoms with Gasteiger partial charge in [-0.15, -0.1) is 0 Å². The van der Waals surface area contributed by atoms with Gasteiger partial charge in [0.2, 0.25) is 11.8 Å². The molecule has 3 aromatic carbocycles. The fourth-order valence-electron chi connectivity index (χ4n) is 5.11. The Kier molecular flexibility index (Phi) is 7.17. The minimum Gasteiger partial charge on any atom is -0.493 e. The maximum absolute atomic E-state index is 13.1. The summed E-state index contributed by atoms with van der Waals surface area (Å²) in [4.78, 5) is 39.4. The van der Waals surface area contributed by atoms with Crippen LogP contribution in [0.1, 0.15) is 35.2 Å². The number of ether oxygens (including phenoxy) is 2. The van der Waals surface area contributed by atoms with Gasteiger partial charge in [0.05, 0.1) is 37.7 Å². The summed E-state index contributed by atoms with van der Waals surface area (Å²) in [7, 11) is 1.35. The average Bonchev–Trinajstić information content (AvgIpc) is 3.18. The van der Waals surface area contributed by atoms with Crippen LogP contribution in [-0.4, -0.2) is 42.9 Å². The molecule has 0 spiro atoms. The summed E-state index contributed by atoms with van der Waals surface area (Å²) in [6.45, 7) is 0.618. The van der Waals surface area contributed by atoms with Gasteiger partial charge in [-0.05, 0) is 47.6 Å². The standard InChI is InChI=1S/C31H29NO5/c1-36-31(35)24-15-13-21(14-16-24)19-22(20-32-29(33)26-10-4-5-11-27(26)30(32)34)17-18-37-28-12-6-8-23-7-2-3-9-25(23)28/h2-9,12-16,19,26-27H,10-11,17-18,20H2,1H3. The number of amides is 2. The summed E-state index contributed by atoms with van der Waals surface area (Å²) in [5.41, 5.74) is 2.23. The summed E-state index contributed by atoms with van der Waals surface area (Å²) in [5.74, 6) is -0.313. The summed E-state index contributed by atoms with van der Waals surface area (Å²) < 4.78 is 10.9. The molecule has 2 aliphatic rings. The number of benzene rings is 3. The minimum absolute atomic E-state index is 0.0961. The molecule has 188 valence electrons. The molecule has 0 saturated carbocycles. The minimum atomic E-state index is -0.399. The number of hydrogen-bond acceptors (Lipinski definition) is 5. The first kappa shape index (κ1) is 24.5. The number of methoxy groups -OCH3 is 1. The van der Waals surface area contributed by atoms with Crippen molar-refractivity contribution in [3.05, 3.63) is 95.6 Å².